The van der Waals surface area contributed by atoms with E-state index in [1.54, 1.807) is 6.33 Å². The summed E-state index contributed by atoms with van der Waals surface area (Å²) < 4.78 is 0. The van der Waals surface area contributed by atoms with E-state index in [9.17, 15) is 0 Å². The van der Waals surface area contributed by atoms with E-state index in [-0.39, 0.29) is 0 Å². The Balaban J connectivity index is 1.48. The molecule has 5 heteroatoms. The molecule has 7 rings (SSSR count). The first-order valence-corrected chi connectivity index (χ1v) is 11.8. The standard InChI is InChI=1S/C31H19N5/c1-3-8-22-16-24(14-12-20(22)6-1)29-34-30(25-15-13-21-7-2-4-9-23(21)17-25)36-31(35-29)27-11-5-10-26-18-32-19-33-28(26)27/h1-19H. The third kappa shape index (κ3) is 3.54. The van der Waals surface area contributed by atoms with Gasteiger partial charge >= 0.3 is 0 Å². The molecular formula is C31H19N5. The number of benzene rings is 5. The van der Waals surface area contributed by atoms with Gasteiger partial charge in [-0.15, -0.1) is 0 Å². The smallest absolute Gasteiger partial charge is 0.166 e. The Morgan fingerprint density at radius 1 is 0.444 bits per heavy atom. The third-order valence-corrected chi connectivity index (χ3v) is 6.43. The molecule has 0 bridgehead atoms. The van der Waals surface area contributed by atoms with Crippen molar-refractivity contribution in [3.63, 3.8) is 0 Å². The lowest BCUT2D eigenvalue weighted by molar-refractivity contribution is 1.07. The number of fused-ring (bicyclic) bond motifs is 3. The van der Waals surface area contributed by atoms with Gasteiger partial charge in [-0.2, -0.15) is 0 Å². The molecule has 7 aromatic rings. The van der Waals surface area contributed by atoms with Gasteiger partial charge in [0.1, 0.15) is 6.33 Å². The summed E-state index contributed by atoms with van der Waals surface area (Å²) in [6, 6.07) is 35.2. The molecule has 0 atom stereocenters. The number of para-hydroxylation sites is 1. The van der Waals surface area contributed by atoms with E-state index in [1.165, 1.54) is 10.8 Å². The lowest BCUT2D eigenvalue weighted by Gasteiger charge is -2.10. The number of hydrogen-bond acceptors (Lipinski definition) is 5. The van der Waals surface area contributed by atoms with E-state index in [4.69, 9.17) is 15.0 Å². The van der Waals surface area contributed by atoms with Crippen molar-refractivity contribution in [3.05, 3.63) is 116 Å². The average molecular weight is 462 g/mol. The second-order valence-corrected chi connectivity index (χ2v) is 8.70. The van der Waals surface area contributed by atoms with E-state index in [2.05, 4.69) is 70.6 Å². The first kappa shape index (κ1) is 20.4. The SMILES string of the molecule is c1ccc2cc(-c3nc(-c4ccc5ccccc5c4)nc(-c4cccc5cncnc45)n3)ccc2c1. The highest BCUT2D eigenvalue weighted by Gasteiger charge is 2.15. The molecule has 0 aliphatic rings. The Hall–Kier alpha value is -5.03. The van der Waals surface area contributed by atoms with E-state index < -0.39 is 0 Å². The predicted octanol–water partition coefficient (Wildman–Crippen LogP) is 7.12. The van der Waals surface area contributed by atoms with Crippen LogP contribution in [0.25, 0.3) is 66.6 Å². The Morgan fingerprint density at radius 3 is 1.64 bits per heavy atom. The van der Waals surface area contributed by atoms with Crippen LogP contribution in [0.4, 0.5) is 0 Å². The molecule has 0 aliphatic heterocycles. The fourth-order valence-corrected chi connectivity index (χ4v) is 4.61. The quantitative estimate of drug-likeness (QED) is 0.280. The van der Waals surface area contributed by atoms with Gasteiger partial charge in [-0.1, -0.05) is 84.9 Å². The van der Waals surface area contributed by atoms with Crippen LogP contribution in [0.3, 0.4) is 0 Å². The van der Waals surface area contributed by atoms with Crippen LogP contribution in [0.1, 0.15) is 0 Å². The maximum absolute atomic E-state index is 4.94. The number of rotatable bonds is 3. The summed E-state index contributed by atoms with van der Waals surface area (Å²) in [5, 5.41) is 5.58. The van der Waals surface area contributed by atoms with Crippen LogP contribution in [0.5, 0.6) is 0 Å². The molecule has 0 fully saturated rings. The molecule has 0 amide bonds. The van der Waals surface area contributed by atoms with Gasteiger partial charge in [-0.3, -0.25) is 0 Å². The van der Waals surface area contributed by atoms with E-state index in [0.717, 1.165) is 38.4 Å². The molecule has 0 saturated carbocycles. The Kier molecular flexibility index (Phi) is 4.71. The molecule has 5 aromatic carbocycles. The van der Waals surface area contributed by atoms with Gasteiger partial charge in [-0.25, -0.2) is 24.9 Å². The molecular weight excluding hydrogens is 442 g/mol. The van der Waals surface area contributed by atoms with Crippen molar-refractivity contribution < 1.29 is 0 Å². The number of hydrogen-bond donors (Lipinski definition) is 0. The maximum atomic E-state index is 4.94. The zero-order valence-electron chi connectivity index (χ0n) is 19.2. The number of aromatic nitrogens is 5. The highest BCUT2D eigenvalue weighted by Crippen LogP contribution is 2.30. The van der Waals surface area contributed by atoms with Crippen molar-refractivity contribution in [1.29, 1.82) is 0 Å². The lowest BCUT2D eigenvalue weighted by atomic mass is 10.1. The van der Waals surface area contributed by atoms with Crippen LogP contribution >= 0.6 is 0 Å². The van der Waals surface area contributed by atoms with Gasteiger partial charge < -0.3 is 0 Å². The van der Waals surface area contributed by atoms with Crippen LogP contribution in [0, 0.1) is 0 Å². The molecule has 0 saturated heterocycles. The highest BCUT2D eigenvalue weighted by molar-refractivity contribution is 5.92. The third-order valence-electron chi connectivity index (χ3n) is 6.43. The molecule has 36 heavy (non-hydrogen) atoms. The van der Waals surface area contributed by atoms with Crippen LogP contribution in [-0.4, -0.2) is 24.9 Å². The monoisotopic (exact) mass is 461 g/mol. The van der Waals surface area contributed by atoms with Crippen LogP contribution in [0.15, 0.2) is 116 Å². The van der Waals surface area contributed by atoms with Crippen molar-refractivity contribution in [1.82, 2.24) is 24.9 Å². The summed E-state index contributed by atoms with van der Waals surface area (Å²) in [4.78, 5) is 23.5. The molecule has 2 heterocycles. The minimum absolute atomic E-state index is 0.584. The molecule has 0 spiro atoms. The minimum atomic E-state index is 0.584. The molecule has 0 unspecified atom stereocenters. The van der Waals surface area contributed by atoms with Crippen LogP contribution < -0.4 is 0 Å². The van der Waals surface area contributed by atoms with Crippen LogP contribution in [0.2, 0.25) is 0 Å². The van der Waals surface area contributed by atoms with Gasteiger partial charge in [0.15, 0.2) is 17.5 Å². The Labute approximate surface area is 207 Å². The van der Waals surface area contributed by atoms with E-state index in [1.807, 2.05) is 48.7 Å². The highest BCUT2D eigenvalue weighted by atomic mass is 15.0. The summed E-state index contributed by atoms with van der Waals surface area (Å²) in [6.45, 7) is 0. The first-order valence-electron chi connectivity index (χ1n) is 11.8. The average Bonchev–Trinajstić information content (AvgIpc) is 2.96. The summed E-state index contributed by atoms with van der Waals surface area (Å²) in [5.41, 5.74) is 3.54. The Morgan fingerprint density at radius 2 is 1.00 bits per heavy atom. The Bertz CT molecular complexity index is 1810. The fraction of sp³-hybridized carbons (Fsp3) is 0. The lowest BCUT2D eigenvalue weighted by Crippen LogP contribution is -2.01. The van der Waals surface area contributed by atoms with Crippen molar-refractivity contribution in [2.75, 3.05) is 0 Å². The van der Waals surface area contributed by atoms with Crippen molar-refractivity contribution >= 4 is 32.4 Å². The van der Waals surface area contributed by atoms with Gasteiger partial charge in [-0.05, 0) is 39.7 Å². The zero-order valence-corrected chi connectivity index (χ0v) is 19.2. The normalized spacial score (nSPS) is 11.3. The van der Waals surface area contributed by atoms with Gasteiger partial charge in [0.25, 0.3) is 0 Å². The predicted molar refractivity (Wildman–Crippen MR) is 144 cm³/mol. The molecule has 0 radical (unpaired) electrons. The van der Waals surface area contributed by atoms with Crippen LogP contribution in [-0.2, 0) is 0 Å². The molecule has 0 N–H and O–H groups in total. The maximum Gasteiger partial charge on any atom is 0.166 e. The van der Waals surface area contributed by atoms with Crippen molar-refractivity contribution in [2.45, 2.75) is 0 Å². The summed E-state index contributed by atoms with van der Waals surface area (Å²) >= 11 is 0. The second-order valence-electron chi connectivity index (χ2n) is 8.70. The summed E-state index contributed by atoms with van der Waals surface area (Å²) in [7, 11) is 0. The van der Waals surface area contributed by atoms with E-state index in [0.29, 0.717) is 17.5 Å². The van der Waals surface area contributed by atoms with E-state index >= 15 is 0 Å². The topological polar surface area (TPSA) is 64.5 Å². The number of nitrogens with zero attached hydrogens (tertiary/aromatic N) is 5. The van der Waals surface area contributed by atoms with Crippen molar-refractivity contribution in [3.8, 4) is 34.2 Å². The van der Waals surface area contributed by atoms with Gasteiger partial charge in [0.05, 0.1) is 5.52 Å². The second kappa shape index (κ2) is 8.32. The molecule has 0 aliphatic carbocycles. The molecule has 5 nitrogen and oxygen atoms in total. The van der Waals surface area contributed by atoms with Gasteiger partial charge in [0.2, 0.25) is 0 Å². The zero-order chi connectivity index (χ0) is 23.9. The first-order chi connectivity index (χ1) is 17.8. The largest absolute Gasteiger partial charge is 0.244 e. The van der Waals surface area contributed by atoms with Crippen molar-refractivity contribution in [2.24, 2.45) is 0 Å². The minimum Gasteiger partial charge on any atom is -0.244 e. The summed E-state index contributed by atoms with van der Waals surface area (Å²) in [6.07, 6.45) is 3.36. The summed E-state index contributed by atoms with van der Waals surface area (Å²) in [5.74, 6) is 1.83. The fourth-order valence-electron chi connectivity index (χ4n) is 4.61. The molecule has 2 aromatic heterocycles. The van der Waals surface area contributed by atoms with Gasteiger partial charge in [0, 0.05) is 28.3 Å². The molecule has 168 valence electrons.